The van der Waals surface area contributed by atoms with Gasteiger partial charge in [-0.2, -0.15) is 0 Å². The van der Waals surface area contributed by atoms with E-state index in [9.17, 15) is 4.79 Å². The van der Waals surface area contributed by atoms with Crippen LogP contribution in [0.2, 0.25) is 0 Å². The van der Waals surface area contributed by atoms with Gasteiger partial charge in [0.2, 0.25) is 5.82 Å². The number of aromatic nitrogens is 3. The van der Waals surface area contributed by atoms with Gasteiger partial charge in [-0.3, -0.25) is 9.89 Å². The summed E-state index contributed by atoms with van der Waals surface area (Å²) < 4.78 is 0. The van der Waals surface area contributed by atoms with Crippen LogP contribution in [-0.2, 0) is 6.42 Å². The van der Waals surface area contributed by atoms with Crippen LogP contribution >= 0.6 is 0 Å². The monoisotopic (exact) mass is 250 g/mol. The minimum atomic E-state index is -0.0340. The van der Waals surface area contributed by atoms with Gasteiger partial charge in [0.1, 0.15) is 5.82 Å². The number of carbonyl (C=O) groups is 1. The normalized spacial score (nSPS) is 24.3. The molecule has 0 aliphatic carbocycles. The SMILES string of the molecule is CCCc1nc(C(=O)N2[C@H](C)CCC[C@@H]2C)n[nH]1. The number of nitrogens with zero attached hydrogens (tertiary/aromatic N) is 3. The number of piperidine rings is 1. The average molecular weight is 250 g/mol. The Morgan fingerprint density at radius 3 is 2.67 bits per heavy atom. The summed E-state index contributed by atoms with van der Waals surface area (Å²) >= 11 is 0. The van der Waals surface area contributed by atoms with E-state index in [-0.39, 0.29) is 18.0 Å². The molecule has 0 unspecified atom stereocenters. The summed E-state index contributed by atoms with van der Waals surface area (Å²) in [4.78, 5) is 18.6. The highest BCUT2D eigenvalue weighted by atomic mass is 16.2. The summed E-state index contributed by atoms with van der Waals surface area (Å²) in [5.41, 5.74) is 0. The van der Waals surface area contributed by atoms with Gasteiger partial charge in [-0.25, -0.2) is 4.98 Å². The zero-order chi connectivity index (χ0) is 13.1. The third kappa shape index (κ3) is 2.54. The molecular weight excluding hydrogens is 228 g/mol. The van der Waals surface area contributed by atoms with Crippen LogP contribution in [0.15, 0.2) is 0 Å². The van der Waals surface area contributed by atoms with Crippen molar-refractivity contribution < 1.29 is 4.79 Å². The lowest BCUT2D eigenvalue weighted by Crippen LogP contribution is -2.47. The lowest BCUT2D eigenvalue weighted by Gasteiger charge is -2.38. The zero-order valence-corrected chi connectivity index (χ0v) is 11.4. The molecule has 2 rings (SSSR count). The summed E-state index contributed by atoms with van der Waals surface area (Å²) in [6.07, 6.45) is 5.18. The van der Waals surface area contributed by atoms with Crippen molar-refractivity contribution in [2.24, 2.45) is 0 Å². The number of hydrogen-bond donors (Lipinski definition) is 1. The third-order valence-electron chi connectivity index (χ3n) is 3.64. The predicted molar refractivity (Wildman–Crippen MR) is 69.3 cm³/mol. The summed E-state index contributed by atoms with van der Waals surface area (Å²) in [6, 6.07) is 0.573. The molecule has 1 aliphatic rings. The molecule has 5 nitrogen and oxygen atoms in total. The zero-order valence-electron chi connectivity index (χ0n) is 11.4. The van der Waals surface area contributed by atoms with Crippen LogP contribution in [0.4, 0.5) is 0 Å². The average Bonchev–Trinajstić information content (AvgIpc) is 2.78. The van der Waals surface area contributed by atoms with Crippen molar-refractivity contribution in [3.8, 4) is 0 Å². The lowest BCUT2D eigenvalue weighted by molar-refractivity contribution is 0.0498. The number of H-pyrrole nitrogens is 1. The van der Waals surface area contributed by atoms with E-state index in [4.69, 9.17) is 0 Å². The Balaban J connectivity index is 2.13. The van der Waals surface area contributed by atoms with Crippen LogP contribution in [0.3, 0.4) is 0 Å². The molecule has 1 N–H and O–H groups in total. The van der Waals surface area contributed by atoms with Crippen LogP contribution in [-0.4, -0.2) is 38.1 Å². The summed E-state index contributed by atoms with van der Waals surface area (Å²) in [6.45, 7) is 6.29. The van der Waals surface area contributed by atoms with E-state index in [0.717, 1.165) is 31.5 Å². The second-order valence-corrected chi connectivity index (χ2v) is 5.20. The minimum Gasteiger partial charge on any atom is -0.330 e. The van der Waals surface area contributed by atoms with E-state index in [1.807, 2.05) is 4.90 Å². The number of hydrogen-bond acceptors (Lipinski definition) is 3. The van der Waals surface area contributed by atoms with E-state index < -0.39 is 0 Å². The van der Waals surface area contributed by atoms with Crippen LogP contribution in [0.5, 0.6) is 0 Å². The number of likely N-dealkylation sites (tertiary alicyclic amines) is 1. The Morgan fingerprint density at radius 2 is 2.06 bits per heavy atom. The fourth-order valence-electron chi connectivity index (χ4n) is 2.68. The van der Waals surface area contributed by atoms with E-state index in [2.05, 4.69) is 36.0 Å². The van der Waals surface area contributed by atoms with E-state index in [1.165, 1.54) is 6.42 Å². The largest absolute Gasteiger partial charge is 0.330 e. The second-order valence-electron chi connectivity index (χ2n) is 5.20. The van der Waals surface area contributed by atoms with Crippen molar-refractivity contribution in [1.82, 2.24) is 20.1 Å². The molecule has 0 bridgehead atoms. The van der Waals surface area contributed by atoms with Gasteiger partial charge >= 0.3 is 0 Å². The molecule has 1 saturated heterocycles. The topological polar surface area (TPSA) is 61.9 Å². The quantitative estimate of drug-likeness (QED) is 0.894. The molecule has 2 heterocycles. The van der Waals surface area contributed by atoms with Gasteiger partial charge in [0.25, 0.3) is 5.91 Å². The van der Waals surface area contributed by atoms with Crippen molar-refractivity contribution in [3.63, 3.8) is 0 Å². The number of aromatic amines is 1. The predicted octanol–water partition coefficient (Wildman–Crippen LogP) is 2.16. The maximum absolute atomic E-state index is 12.4. The van der Waals surface area contributed by atoms with Crippen molar-refractivity contribution in [1.29, 1.82) is 0 Å². The molecule has 5 heteroatoms. The minimum absolute atomic E-state index is 0.0340. The second kappa shape index (κ2) is 5.50. The van der Waals surface area contributed by atoms with Gasteiger partial charge in [-0.1, -0.05) is 6.92 Å². The van der Waals surface area contributed by atoms with Crippen molar-refractivity contribution in [2.75, 3.05) is 0 Å². The van der Waals surface area contributed by atoms with Crippen LogP contribution < -0.4 is 0 Å². The van der Waals surface area contributed by atoms with E-state index in [1.54, 1.807) is 0 Å². The number of nitrogens with one attached hydrogen (secondary N) is 1. The number of aryl methyl sites for hydroxylation is 1. The highest BCUT2D eigenvalue weighted by Crippen LogP contribution is 2.23. The van der Waals surface area contributed by atoms with Crippen LogP contribution in [0.25, 0.3) is 0 Å². The smallest absolute Gasteiger partial charge is 0.294 e. The van der Waals surface area contributed by atoms with Gasteiger partial charge in [0, 0.05) is 18.5 Å². The fraction of sp³-hybridized carbons (Fsp3) is 0.769. The standard InChI is InChI=1S/C13H22N4O/c1-4-6-11-14-12(16-15-11)13(18)17-9(2)7-5-8-10(17)3/h9-10H,4-8H2,1-3H3,(H,14,15,16)/t9-,10+. The number of amides is 1. The molecule has 0 radical (unpaired) electrons. The summed E-state index contributed by atoms with van der Waals surface area (Å²) in [5, 5.41) is 6.90. The van der Waals surface area contributed by atoms with E-state index >= 15 is 0 Å². The molecule has 1 amide bonds. The number of rotatable bonds is 3. The Bertz CT molecular complexity index is 405. The molecule has 18 heavy (non-hydrogen) atoms. The highest BCUT2D eigenvalue weighted by Gasteiger charge is 2.31. The molecular formula is C13H22N4O. The Hall–Kier alpha value is -1.39. The Kier molecular flexibility index (Phi) is 3.99. The first-order valence-electron chi connectivity index (χ1n) is 6.87. The number of carbonyl (C=O) groups excluding carboxylic acids is 1. The summed E-state index contributed by atoms with van der Waals surface area (Å²) in [5.74, 6) is 1.09. The van der Waals surface area contributed by atoms with Gasteiger partial charge in [-0.05, 0) is 39.5 Å². The van der Waals surface area contributed by atoms with Crippen LogP contribution in [0.1, 0.15) is 62.9 Å². The lowest BCUT2D eigenvalue weighted by atomic mass is 9.97. The molecule has 1 aromatic heterocycles. The van der Waals surface area contributed by atoms with Crippen LogP contribution in [0, 0.1) is 0 Å². The van der Waals surface area contributed by atoms with Crippen molar-refractivity contribution >= 4 is 5.91 Å². The molecule has 1 aromatic rings. The maximum Gasteiger partial charge on any atom is 0.294 e. The molecule has 1 fully saturated rings. The fourth-order valence-corrected chi connectivity index (χ4v) is 2.68. The Labute approximate surface area is 108 Å². The first-order valence-corrected chi connectivity index (χ1v) is 6.87. The van der Waals surface area contributed by atoms with E-state index in [0.29, 0.717) is 5.82 Å². The molecule has 0 aromatic carbocycles. The first-order chi connectivity index (χ1) is 8.63. The van der Waals surface area contributed by atoms with Gasteiger partial charge in [0.05, 0.1) is 0 Å². The van der Waals surface area contributed by atoms with Gasteiger partial charge in [0.15, 0.2) is 0 Å². The molecule has 0 spiro atoms. The highest BCUT2D eigenvalue weighted by molar-refractivity contribution is 5.90. The first kappa shape index (κ1) is 13.1. The Morgan fingerprint density at radius 1 is 1.39 bits per heavy atom. The van der Waals surface area contributed by atoms with Gasteiger partial charge in [-0.15, -0.1) is 5.10 Å². The van der Waals surface area contributed by atoms with Gasteiger partial charge < -0.3 is 4.90 Å². The van der Waals surface area contributed by atoms with Crippen molar-refractivity contribution in [3.05, 3.63) is 11.6 Å². The molecule has 0 saturated carbocycles. The van der Waals surface area contributed by atoms with Crippen molar-refractivity contribution in [2.45, 2.75) is 65.0 Å². The maximum atomic E-state index is 12.4. The summed E-state index contributed by atoms with van der Waals surface area (Å²) in [7, 11) is 0. The third-order valence-corrected chi connectivity index (χ3v) is 3.64. The molecule has 1 aliphatic heterocycles. The molecule has 100 valence electrons. The molecule has 2 atom stereocenters.